The Hall–Kier alpha value is -3.30. The average molecular weight is 504 g/mol. The number of rotatable bonds is 7. The first kappa shape index (κ1) is 23.1. The molecule has 3 aliphatic heterocycles. The fourth-order valence-electron chi connectivity index (χ4n) is 5.33. The van der Waals surface area contributed by atoms with E-state index < -0.39 is 0 Å². The van der Waals surface area contributed by atoms with Crippen molar-refractivity contribution in [1.82, 2.24) is 15.6 Å². The van der Waals surface area contributed by atoms with Gasteiger partial charge >= 0.3 is 0 Å². The van der Waals surface area contributed by atoms with Gasteiger partial charge in [0.1, 0.15) is 0 Å². The van der Waals surface area contributed by atoms with Crippen molar-refractivity contribution < 1.29 is 14.3 Å². The molecular formula is C27H29N5O3S. The normalized spacial score (nSPS) is 21.6. The third kappa shape index (κ3) is 4.49. The number of hydrogen-bond donors (Lipinski definition) is 3. The van der Waals surface area contributed by atoms with Crippen LogP contribution < -0.4 is 25.6 Å². The molecule has 9 heteroatoms. The molecule has 186 valence electrons. The number of anilines is 2. The summed E-state index contributed by atoms with van der Waals surface area (Å²) in [6.07, 6.45) is 0.756. The van der Waals surface area contributed by atoms with Crippen LogP contribution in [0.1, 0.15) is 17.9 Å². The Morgan fingerprint density at radius 2 is 2.03 bits per heavy atom. The SMILES string of the molecule is COc1ccc2cccc(N3CC(CNCC4C[C@H](c5ccc6c(c5)NC(=O)CS6)C(=O)N4)C3)c2n1. The molecule has 6 rings (SSSR count). The molecule has 36 heavy (non-hydrogen) atoms. The number of benzene rings is 2. The van der Waals surface area contributed by atoms with Crippen molar-refractivity contribution in [3.8, 4) is 5.88 Å². The quantitative estimate of drug-likeness (QED) is 0.456. The van der Waals surface area contributed by atoms with Crippen molar-refractivity contribution in [3.05, 3.63) is 54.1 Å². The number of pyridine rings is 1. The van der Waals surface area contributed by atoms with E-state index in [1.165, 1.54) is 11.8 Å². The number of nitrogens with one attached hydrogen (secondary N) is 3. The number of aromatic nitrogens is 1. The molecular weight excluding hydrogens is 474 g/mol. The highest BCUT2D eigenvalue weighted by Gasteiger charge is 2.34. The lowest BCUT2D eigenvalue weighted by atomic mass is 9.95. The zero-order valence-corrected chi connectivity index (χ0v) is 20.9. The summed E-state index contributed by atoms with van der Waals surface area (Å²) < 4.78 is 5.32. The smallest absolute Gasteiger partial charge is 0.234 e. The number of methoxy groups -OCH3 is 1. The van der Waals surface area contributed by atoms with E-state index in [2.05, 4.69) is 44.0 Å². The van der Waals surface area contributed by atoms with Crippen LogP contribution in [0.15, 0.2) is 53.4 Å². The highest BCUT2D eigenvalue weighted by atomic mass is 32.2. The van der Waals surface area contributed by atoms with Gasteiger partial charge in [-0.3, -0.25) is 9.59 Å². The van der Waals surface area contributed by atoms with E-state index in [-0.39, 0.29) is 23.8 Å². The fourth-order valence-corrected chi connectivity index (χ4v) is 6.12. The van der Waals surface area contributed by atoms with Crippen LogP contribution in [-0.2, 0) is 9.59 Å². The maximum absolute atomic E-state index is 12.7. The van der Waals surface area contributed by atoms with Gasteiger partial charge in [0, 0.05) is 54.5 Å². The first-order valence-electron chi connectivity index (χ1n) is 12.3. The van der Waals surface area contributed by atoms with Crippen LogP contribution in [0.2, 0.25) is 0 Å². The maximum Gasteiger partial charge on any atom is 0.234 e. The Balaban J connectivity index is 1.00. The summed E-state index contributed by atoms with van der Waals surface area (Å²) in [5.41, 5.74) is 3.90. The predicted octanol–water partition coefficient (Wildman–Crippen LogP) is 2.99. The topological polar surface area (TPSA) is 95.6 Å². The molecule has 2 fully saturated rings. The van der Waals surface area contributed by atoms with Crippen molar-refractivity contribution in [1.29, 1.82) is 0 Å². The third-order valence-corrected chi connectivity index (χ3v) is 8.30. The molecule has 0 aliphatic carbocycles. The zero-order valence-electron chi connectivity index (χ0n) is 20.1. The standard InChI is InChI=1S/C27H29N5O3S/c1-35-25-8-6-17-3-2-4-22(26(17)31-25)32-13-16(14-32)11-28-12-19-10-20(27(34)29-19)18-5-7-23-21(9-18)30-24(33)15-36-23/h2-9,16,19-20,28H,10-15H2,1H3,(H,29,34)(H,30,33)/t19?,20-/m1/s1. The Bertz CT molecular complexity index is 1330. The molecule has 4 heterocycles. The van der Waals surface area contributed by atoms with Crippen molar-refractivity contribution in [2.75, 3.05) is 49.3 Å². The van der Waals surface area contributed by atoms with E-state index >= 15 is 0 Å². The molecule has 0 radical (unpaired) electrons. The lowest BCUT2D eigenvalue weighted by Gasteiger charge is -2.41. The Labute approximate surface area is 214 Å². The van der Waals surface area contributed by atoms with Crippen LogP contribution in [0.25, 0.3) is 10.9 Å². The second-order valence-corrected chi connectivity index (χ2v) is 10.7. The van der Waals surface area contributed by atoms with Crippen LogP contribution in [-0.4, -0.2) is 61.9 Å². The largest absolute Gasteiger partial charge is 0.481 e. The van der Waals surface area contributed by atoms with E-state index in [1.54, 1.807) is 7.11 Å². The lowest BCUT2D eigenvalue weighted by Crippen LogP contribution is -2.52. The molecule has 1 unspecified atom stereocenters. The molecule has 2 aromatic carbocycles. The number of hydrogen-bond acceptors (Lipinski definition) is 7. The van der Waals surface area contributed by atoms with E-state index in [4.69, 9.17) is 4.74 Å². The van der Waals surface area contributed by atoms with Crippen LogP contribution in [0, 0.1) is 5.92 Å². The molecule has 1 aromatic heterocycles. The number of thioether (sulfide) groups is 1. The van der Waals surface area contributed by atoms with Gasteiger partial charge in [-0.2, -0.15) is 0 Å². The summed E-state index contributed by atoms with van der Waals surface area (Å²) in [5, 5.41) is 10.7. The summed E-state index contributed by atoms with van der Waals surface area (Å²) in [6.45, 7) is 3.62. The highest BCUT2D eigenvalue weighted by Crippen LogP contribution is 2.36. The second-order valence-electron chi connectivity index (χ2n) is 9.72. The summed E-state index contributed by atoms with van der Waals surface area (Å²) in [4.78, 5) is 32.5. The Morgan fingerprint density at radius 3 is 2.89 bits per heavy atom. The molecule has 2 saturated heterocycles. The van der Waals surface area contributed by atoms with E-state index in [0.717, 1.165) is 65.3 Å². The number of carbonyl (C=O) groups excluding carboxylic acids is 2. The molecule has 3 aliphatic rings. The molecule has 3 aromatic rings. The minimum Gasteiger partial charge on any atom is -0.481 e. The van der Waals surface area contributed by atoms with Crippen molar-refractivity contribution in [2.45, 2.75) is 23.3 Å². The number of fused-ring (bicyclic) bond motifs is 2. The van der Waals surface area contributed by atoms with Gasteiger partial charge in [0.05, 0.1) is 35.7 Å². The van der Waals surface area contributed by atoms with Crippen LogP contribution >= 0.6 is 11.8 Å². The van der Waals surface area contributed by atoms with Gasteiger partial charge in [0.15, 0.2) is 0 Å². The predicted molar refractivity (Wildman–Crippen MR) is 142 cm³/mol. The van der Waals surface area contributed by atoms with Gasteiger partial charge in [-0.15, -0.1) is 11.8 Å². The fraction of sp³-hybridized carbons (Fsp3) is 0.370. The van der Waals surface area contributed by atoms with Crippen LogP contribution in [0.5, 0.6) is 5.88 Å². The minimum atomic E-state index is -0.180. The van der Waals surface area contributed by atoms with Gasteiger partial charge in [0.25, 0.3) is 0 Å². The van der Waals surface area contributed by atoms with Gasteiger partial charge in [-0.1, -0.05) is 18.2 Å². The summed E-state index contributed by atoms with van der Waals surface area (Å²) in [6, 6.07) is 16.3. The number of para-hydroxylation sites is 1. The first-order valence-corrected chi connectivity index (χ1v) is 13.3. The van der Waals surface area contributed by atoms with Gasteiger partial charge in [-0.05, 0) is 36.2 Å². The molecule has 0 bridgehead atoms. The Kier molecular flexibility index (Phi) is 6.18. The summed E-state index contributed by atoms with van der Waals surface area (Å²) in [7, 11) is 1.64. The molecule has 3 N–H and O–H groups in total. The molecule has 8 nitrogen and oxygen atoms in total. The van der Waals surface area contributed by atoms with E-state index in [9.17, 15) is 9.59 Å². The summed E-state index contributed by atoms with van der Waals surface area (Å²) in [5.74, 6) is 1.51. The zero-order chi connectivity index (χ0) is 24.6. The highest BCUT2D eigenvalue weighted by molar-refractivity contribution is 8.00. The lowest BCUT2D eigenvalue weighted by molar-refractivity contribution is -0.120. The number of amides is 2. The van der Waals surface area contributed by atoms with E-state index in [0.29, 0.717) is 17.6 Å². The van der Waals surface area contributed by atoms with Gasteiger partial charge in [0.2, 0.25) is 17.7 Å². The number of nitrogens with zero attached hydrogens (tertiary/aromatic N) is 2. The third-order valence-electron chi connectivity index (χ3n) is 7.23. The number of carbonyl (C=O) groups is 2. The molecule has 0 saturated carbocycles. The summed E-state index contributed by atoms with van der Waals surface area (Å²) >= 11 is 1.54. The number of ether oxygens (including phenoxy) is 1. The van der Waals surface area contributed by atoms with E-state index in [1.807, 2.05) is 30.3 Å². The average Bonchev–Trinajstić information content (AvgIpc) is 3.24. The molecule has 0 spiro atoms. The van der Waals surface area contributed by atoms with Crippen LogP contribution in [0.4, 0.5) is 11.4 Å². The van der Waals surface area contributed by atoms with Crippen molar-refractivity contribution >= 4 is 45.9 Å². The molecule has 2 amide bonds. The second kappa shape index (κ2) is 9.63. The maximum atomic E-state index is 12.7. The van der Waals surface area contributed by atoms with Gasteiger partial charge in [-0.25, -0.2) is 4.98 Å². The minimum absolute atomic E-state index is 0.00796. The van der Waals surface area contributed by atoms with Crippen LogP contribution in [0.3, 0.4) is 0 Å². The van der Waals surface area contributed by atoms with Gasteiger partial charge < -0.3 is 25.6 Å². The monoisotopic (exact) mass is 503 g/mol. The van der Waals surface area contributed by atoms with Crippen molar-refractivity contribution in [3.63, 3.8) is 0 Å². The van der Waals surface area contributed by atoms with Crippen molar-refractivity contribution in [2.24, 2.45) is 5.92 Å². The molecule has 2 atom stereocenters. The first-order chi connectivity index (χ1) is 17.6. The Morgan fingerprint density at radius 1 is 1.14 bits per heavy atom.